The molecule has 0 heterocycles. The van der Waals surface area contributed by atoms with Crippen molar-refractivity contribution in [1.29, 1.82) is 0 Å². The zero-order chi connectivity index (χ0) is 11.7. The summed E-state index contributed by atoms with van der Waals surface area (Å²) in [6.07, 6.45) is 0. The van der Waals surface area contributed by atoms with Crippen molar-refractivity contribution in [2.24, 2.45) is 0 Å². The van der Waals surface area contributed by atoms with Crippen molar-refractivity contribution < 1.29 is 19.8 Å². The second kappa shape index (κ2) is 4.84. The fourth-order valence-corrected chi connectivity index (χ4v) is 1.59. The highest BCUT2D eigenvalue weighted by Crippen LogP contribution is 2.20. The third kappa shape index (κ3) is 2.37. The highest BCUT2D eigenvalue weighted by atomic mass is 35.5. The van der Waals surface area contributed by atoms with E-state index in [4.69, 9.17) is 10.2 Å². The molecule has 2 rings (SSSR count). The first-order valence-corrected chi connectivity index (χ1v) is 4.59. The van der Waals surface area contributed by atoms with Crippen LogP contribution in [-0.2, 0) is 0 Å². The topological polar surface area (TPSA) is 74.6 Å². The minimum Gasteiger partial charge on any atom is -0.478 e. The van der Waals surface area contributed by atoms with Crippen molar-refractivity contribution in [3.8, 4) is 0 Å². The van der Waals surface area contributed by atoms with Crippen LogP contribution in [0.1, 0.15) is 20.7 Å². The third-order valence-corrected chi connectivity index (χ3v) is 2.35. The van der Waals surface area contributed by atoms with E-state index in [2.05, 4.69) is 0 Å². The van der Waals surface area contributed by atoms with Crippen molar-refractivity contribution in [3.63, 3.8) is 0 Å². The Morgan fingerprint density at radius 3 is 1.47 bits per heavy atom. The first kappa shape index (κ1) is 13.0. The maximum atomic E-state index is 10.9. The Hall–Kier alpha value is -2.07. The molecule has 0 fully saturated rings. The van der Waals surface area contributed by atoms with Crippen molar-refractivity contribution >= 4 is 35.1 Å². The molecule has 5 heteroatoms. The van der Waals surface area contributed by atoms with Gasteiger partial charge in [0.2, 0.25) is 0 Å². The molecule has 0 aliphatic carbocycles. The van der Waals surface area contributed by atoms with Crippen LogP contribution in [0, 0.1) is 0 Å². The van der Waals surface area contributed by atoms with Crippen molar-refractivity contribution in [3.05, 3.63) is 47.5 Å². The lowest BCUT2D eigenvalue weighted by Gasteiger charge is -2.04. The number of fused-ring (bicyclic) bond motifs is 1. The van der Waals surface area contributed by atoms with Gasteiger partial charge in [-0.3, -0.25) is 0 Å². The number of hydrogen-bond acceptors (Lipinski definition) is 2. The van der Waals surface area contributed by atoms with Crippen LogP contribution in [0.15, 0.2) is 36.4 Å². The normalized spacial score (nSPS) is 9.65. The van der Waals surface area contributed by atoms with E-state index in [0.29, 0.717) is 10.8 Å². The Morgan fingerprint density at radius 1 is 0.824 bits per heavy atom. The van der Waals surface area contributed by atoms with Gasteiger partial charge in [0.1, 0.15) is 0 Å². The van der Waals surface area contributed by atoms with Crippen LogP contribution in [0.25, 0.3) is 10.8 Å². The number of aromatic carboxylic acids is 2. The number of carboxylic acids is 2. The van der Waals surface area contributed by atoms with Crippen LogP contribution in [-0.4, -0.2) is 22.2 Å². The zero-order valence-electron chi connectivity index (χ0n) is 8.58. The zero-order valence-corrected chi connectivity index (χ0v) is 9.40. The molecular weight excluding hydrogens is 244 g/mol. The molecule has 2 N–H and O–H groups in total. The number of hydrogen-bond donors (Lipinski definition) is 2. The average molecular weight is 253 g/mol. The molecule has 2 aromatic rings. The van der Waals surface area contributed by atoms with Crippen LogP contribution in [0.5, 0.6) is 0 Å². The van der Waals surface area contributed by atoms with Crippen molar-refractivity contribution in [1.82, 2.24) is 0 Å². The molecule has 0 saturated heterocycles. The fourth-order valence-electron chi connectivity index (χ4n) is 1.59. The van der Waals surface area contributed by atoms with E-state index in [1.807, 2.05) is 0 Å². The molecule has 0 aliphatic heterocycles. The van der Waals surface area contributed by atoms with Gasteiger partial charge >= 0.3 is 11.9 Å². The first-order chi connectivity index (χ1) is 7.59. The van der Waals surface area contributed by atoms with Crippen LogP contribution >= 0.6 is 12.4 Å². The molecule has 88 valence electrons. The van der Waals surface area contributed by atoms with Crippen LogP contribution in [0.2, 0.25) is 0 Å². The summed E-state index contributed by atoms with van der Waals surface area (Å²) in [7, 11) is 0. The van der Waals surface area contributed by atoms with E-state index >= 15 is 0 Å². The van der Waals surface area contributed by atoms with Gasteiger partial charge in [-0.05, 0) is 22.9 Å². The van der Waals surface area contributed by atoms with Gasteiger partial charge in [-0.1, -0.05) is 24.3 Å². The largest absolute Gasteiger partial charge is 0.478 e. The number of carbonyl (C=O) groups is 2. The molecule has 0 spiro atoms. The molecular formula is C12H9ClO4. The summed E-state index contributed by atoms with van der Waals surface area (Å²) in [5, 5.41) is 19.2. The lowest BCUT2D eigenvalue weighted by Crippen LogP contribution is -2.07. The molecule has 0 atom stereocenters. The number of halogens is 1. The molecule has 0 amide bonds. The Kier molecular flexibility index (Phi) is 3.70. The predicted octanol–water partition coefficient (Wildman–Crippen LogP) is 2.66. The van der Waals surface area contributed by atoms with E-state index < -0.39 is 11.9 Å². The Labute approximate surface area is 103 Å². The molecule has 0 radical (unpaired) electrons. The SMILES string of the molecule is Cl.O=C(O)c1cc2ccccc2cc1C(=O)O. The quantitative estimate of drug-likeness (QED) is 0.862. The summed E-state index contributed by atoms with van der Waals surface area (Å²) in [4.78, 5) is 21.8. The number of carboxylic acid groups (broad SMARTS) is 2. The van der Waals surface area contributed by atoms with E-state index in [1.54, 1.807) is 24.3 Å². The van der Waals surface area contributed by atoms with Crippen molar-refractivity contribution in [2.75, 3.05) is 0 Å². The first-order valence-electron chi connectivity index (χ1n) is 4.59. The average Bonchev–Trinajstić information content (AvgIpc) is 2.27. The van der Waals surface area contributed by atoms with Crippen LogP contribution in [0.3, 0.4) is 0 Å². The second-order valence-electron chi connectivity index (χ2n) is 3.36. The maximum Gasteiger partial charge on any atom is 0.336 e. The maximum absolute atomic E-state index is 10.9. The highest BCUT2D eigenvalue weighted by Gasteiger charge is 2.16. The van der Waals surface area contributed by atoms with Gasteiger partial charge < -0.3 is 10.2 Å². The third-order valence-electron chi connectivity index (χ3n) is 2.35. The molecule has 17 heavy (non-hydrogen) atoms. The molecule has 0 unspecified atom stereocenters. The van der Waals surface area contributed by atoms with Gasteiger partial charge in [-0.15, -0.1) is 12.4 Å². The summed E-state index contributed by atoms with van der Waals surface area (Å²) >= 11 is 0. The Bertz CT molecular complexity index is 540. The number of rotatable bonds is 2. The molecule has 0 aliphatic rings. The van der Waals surface area contributed by atoms with Gasteiger partial charge in [0.25, 0.3) is 0 Å². The molecule has 0 bridgehead atoms. The molecule has 4 nitrogen and oxygen atoms in total. The van der Waals surface area contributed by atoms with Gasteiger partial charge in [-0.25, -0.2) is 9.59 Å². The molecule has 0 saturated carbocycles. The summed E-state index contributed by atoms with van der Waals surface area (Å²) in [6, 6.07) is 9.78. The molecule has 0 aromatic heterocycles. The minimum atomic E-state index is -1.23. The standard InChI is InChI=1S/C12H8O4.ClH/c13-11(14)9-5-7-3-1-2-4-8(7)6-10(9)12(15)16;/h1-6H,(H,13,14)(H,15,16);1H. The van der Waals surface area contributed by atoms with E-state index in [1.165, 1.54) is 12.1 Å². The Balaban J connectivity index is 0.00000144. The fraction of sp³-hybridized carbons (Fsp3) is 0. The lowest BCUT2D eigenvalue weighted by molar-refractivity contribution is 0.0652. The van der Waals surface area contributed by atoms with Crippen LogP contribution in [0.4, 0.5) is 0 Å². The van der Waals surface area contributed by atoms with Gasteiger partial charge in [0, 0.05) is 0 Å². The molecule has 2 aromatic carbocycles. The second-order valence-corrected chi connectivity index (χ2v) is 3.36. The Morgan fingerprint density at radius 2 is 1.18 bits per heavy atom. The number of benzene rings is 2. The van der Waals surface area contributed by atoms with E-state index in [0.717, 1.165) is 0 Å². The highest BCUT2D eigenvalue weighted by molar-refractivity contribution is 6.06. The summed E-state index contributed by atoms with van der Waals surface area (Å²) in [6.45, 7) is 0. The minimum absolute atomic E-state index is 0. The van der Waals surface area contributed by atoms with Gasteiger partial charge in [0.15, 0.2) is 0 Å². The lowest BCUT2D eigenvalue weighted by atomic mass is 10.0. The van der Waals surface area contributed by atoms with Crippen molar-refractivity contribution in [2.45, 2.75) is 0 Å². The summed E-state index contributed by atoms with van der Waals surface area (Å²) < 4.78 is 0. The smallest absolute Gasteiger partial charge is 0.336 e. The summed E-state index contributed by atoms with van der Waals surface area (Å²) in [5.74, 6) is -2.47. The summed E-state index contributed by atoms with van der Waals surface area (Å²) in [5.41, 5.74) is -0.377. The van der Waals surface area contributed by atoms with E-state index in [9.17, 15) is 9.59 Å². The monoisotopic (exact) mass is 252 g/mol. The van der Waals surface area contributed by atoms with Gasteiger partial charge in [0.05, 0.1) is 11.1 Å². The van der Waals surface area contributed by atoms with E-state index in [-0.39, 0.29) is 23.5 Å². The van der Waals surface area contributed by atoms with Gasteiger partial charge in [-0.2, -0.15) is 0 Å². The predicted molar refractivity (Wildman–Crippen MR) is 65.1 cm³/mol. The van der Waals surface area contributed by atoms with Crippen LogP contribution < -0.4 is 0 Å².